The highest BCUT2D eigenvalue weighted by molar-refractivity contribution is 5.23. The number of aryl methyl sites for hydroxylation is 1. The molecular weight excluding hydrogens is 247 g/mol. The van der Waals surface area contributed by atoms with Crippen LogP contribution in [0.4, 0.5) is 13.2 Å². The van der Waals surface area contributed by atoms with Crippen LogP contribution in [-0.4, -0.2) is 19.9 Å². The maximum Gasteiger partial charge on any atom is 0.138 e. The van der Waals surface area contributed by atoms with Crippen LogP contribution in [0.15, 0.2) is 18.5 Å². The van der Waals surface area contributed by atoms with Crippen LogP contribution >= 0.6 is 0 Å². The Bertz CT molecular complexity index is 547. The fourth-order valence-corrected chi connectivity index (χ4v) is 1.65. The molecule has 2 aromatic rings. The Morgan fingerprint density at radius 1 is 1.28 bits per heavy atom. The highest BCUT2D eigenvalue weighted by Crippen LogP contribution is 2.24. The number of aliphatic hydroxyl groups is 1. The number of aliphatic hydroxyl groups excluding tert-OH is 1. The molecule has 18 heavy (non-hydrogen) atoms. The van der Waals surface area contributed by atoms with E-state index in [1.54, 1.807) is 7.05 Å². The molecule has 0 amide bonds. The van der Waals surface area contributed by atoms with Crippen molar-refractivity contribution in [2.75, 3.05) is 0 Å². The molecule has 1 aromatic carbocycles. The lowest BCUT2D eigenvalue weighted by molar-refractivity contribution is 0.164. The van der Waals surface area contributed by atoms with Gasteiger partial charge in [-0.2, -0.15) is 5.10 Å². The van der Waals surface area contributed by atoms with Crippen LogP contribution in [0.2, 0.25) is 0 Å². The van der Waals surface area contributed by atoms with E-state index in [1.165, 1.54) is 11.0 Å². The van der Waals surface area contributed by atoms with Gasteiger partial charge in [0.25, 0.3) is 0 Å². The number of nitrogens with zero attached hydrogens (tertiary/aromatic N) is 3. The predicted molar refractivity (Wildman–Crippen MR) is 56.0 cm³/mol. The van der Waals surface area contributed by atoms with Crippen LogP contribution in [0, 0.1) is 17.5 Å². The van der Waals surface area contributed by atoms with E-state index in [4.69, 9.17) is 0 Å². The molecule has 1 unspecified atom stereocenters. The molecular formula is C11H10F3N3O. The third kappa shape index (κ3) is 2.35. The lowest BCUT2D eigenvalue weighted by atomic mass is 10.0. The number of halogens is 3. The standard InChI is InChI=1S/C11H10F3N3O/c1-17-10(15-5-16-17)4-9(18)11-7(13)2-6(12)3-8(11)14/h2-3,5,9,18H,4H2,1H3. The van der Waals surface area contributed by atoms with E-state index in [0.717, 1.165) is 0 Å². The summed E-state index contributed by atoms with van der Waals surface area (Å²) in [5, 5.41) is 13.6. The third-order valence-electron chi connectivity index (χ3n) is 2.56. The highest BCUT2D eigenvalue weighted by atomic mass is 19.1. The Hall–Kier alpha value is -1.89. The smallest absolute Gasteiger partial charge is 0.138 e. The summed E-state index contributed by atoms with van der Waals surface area (Å²) in [6, 6.07) is 1.05. The summed E-state index contributed by atoms with van der Waals surface area (Å²) >= 11 is 0. The molecule has 1 aromatic heterocycles. The van der Waals surface area contributed by atoms with Gasteiger partial charge in [0.15, 0.2) is 0 Å². The van der Waals surface area contributed by atoms with Crippen molar-refractivity contribution >= 4 is 0 Å². The second-order valence-corrected chi connectivity index (χ2v) is 3.80. The molecule has 0 saturated heterocycles. The Morgan fingerprint density at radius 3 is 2.39 bits per heavy atom. The van der Waals surface area contributed by atoms with Gasteiger partial charge in [0, 0.05) is 25.6 Å². The molecule has 7 heteroatoms. The molecule has 0 aliphatic carbocycles. The quantitative estimate of drug-likeness (QED) is 0.906. The molecule has 0 saturated carbocycles. The average molecular weight is 257 g/mol. The number of hydrogen-bond acceptors (Lipinski definition) is 3. The molecule has 2 rings (SSSR count). The maximum atomic E-state index is 13.4. The molecule has 4 nitrogen and oxygen atoms in total. The first kappa shape index (κ1) is 12.6. The Balaban J connectivity index is 2.29. The van der Waals surface area contributed by atoms with Crippen molar-refractivity contribution in [3.63, 3.8) is 0 Å². The van der Waals surface area contributed by atoms with Crippen molar-refractivity contribution in [2.45, 2.75) is 12.5 Å². The maximum absolute atomic E-state index is 13.4. The summed E-state index contributed by atoms with van der Waals surface area (Å²) < 4.78 is 40.9. The van der Waals surface area contributed by atoms with Gasteiger partial charge in [0.05, 0.1) is 11.7 Å². The van der Waals surface area contributed by atoms with Crippen molar-refractivity contribution < 1.29 is 18.3 Å². The van der Waals surface area contributed by atoms with Gasteiger partial charge in [-0.3, -0.25) is 4.68 Å². The van der Waals surface area contributed by atoms with Crippen molar-refractivity contribution in [3.8, 4) is 0 Å². The zero-order valence-electron chi connectivity index (χ0n) is 9.44. The summed E-state index contributed by atoms with van der Waals surface area (Å²) in [4.78, 5) is 3.83. The van der Waals surface area contributed by atoms with Crippen LogP contribution in [0.1, 0.15) is 17.5 Å². The number of benzene rings is 1. The highest BCUT2D eigenvalue weighted by Gasteiger charge is 2.21. The van der Waals surface area contributed by atoms with Crippen molar-refractivity contribution in [2.24, 2.45) is 7.05 Å². The predicted octanol–water partition coefficient (Wildman–Crippen LogP) is 1.51. The van der Waals surface area contributed by atoms with Gasteiger partial charge in [-0.25, -0.2) is 18.2 Å². The second-order valence-electron chi connectivity index (χ2n) is 3.80. The summed E-state index contributed by atoms with van der Waals surface area (Å²) in [7, 11) is 1.59. The summed E-state index contributed by atoms with van der Waals surface area (Å²) in [6.45, 7) is 0. The first-order chi connectivity index (χ1) is 8.49. The van der Waals surface area contributed by atoms with E-state index in [-0.39, 0.29) is 6.42 Å². The summed E-state index contributed by atoms with van der Waals surface area (Å²) in [6.07, 6.45) is -0.302. The molecule has 0 radical (unpaired) electrons. The number of aromatic nitrogens is 3. The van der Waals surface area contributed by atoms with E-state index in [9.17, 15) is 18.3 Å². The van der Waals surface area contributed by atoms with Crippen LogP contribution in [0.3, 0.4) is 0 Å². The number of hydrogen-bond donors (Lipinski definition) is 1. The summed E-state index contributed by atoms with van der Waals surface area (Å²) in [5.41, 5.74) is -0.570. The third-order valence-corrected chi connectivity index (χ3v) is 2.56. The van der Waals surface area contributed by atoms with Crippen LogP contribution in [0.5, 0.6) is 0 Å². The molecule has 1 N–H and O–H groups in total. The monoisotopic (exact) mass is 257 g/mol. The molecule has 0 aliphatic heterocycles. The zero-order valence-corrected chi connectivity index (χ0v) is 9.44. The van der Waals surface area contributed by atoms with Crippen molar-refractivity contribution in [1.29, 1.82) is 0 Å². The Kier molecular flexibility index (Phi) is 3.33. The van der Waals surface area contributed by atoms with Gasteiger partial charge in [0.1, 0.15) is 29.6 Å². The summed E-state index contributed by atoms with van der Waals surface area (Å²) in [5.74, 6) is -2.91. The largest absolute Gasteiger partial charge is 0.388 e. The van der Waals surface area contributed by atoms with Gasteiger partial charge in [0.2, 0.25) is 0 Å². The lowest BCUT2D eigenvalue weighted by Crippen LogP contribution is -2.11. The van der Waals surface area contributed by atoms with Gasteiger partial charge < -0.3 is 5.11 Å². The first-order valence-corrected chi connectivity index (χ1v) is 5.14. The van der Waals surface area contributed by atoms with Gasteiger partial charge in [-0.05, 0) is 0 Å². The second kappa shape index (κ2) is 4.77. The minimum absolute atomic E-state index is 0.115. The fourth-order valence-electron chi connectivity index (χ4n) is 1.65. The lowest BCUT2D eigenvalue weighted by Gasteiger charge is -2.12. The zero-order chi connectivity index (χ0) is 13.3. The molecule has 96 valence electrons. The molecule has 0 fully saturated rings. The molecule has 1 heterocycles. The van der Waals surface area contributed by atoms with Crippen molar-refractivity contribution in [1.82, 2.24) is 14.8 Å². The Labute approximate surface area is 101 Å². The SMILES string of the molecule is Cn1ncnc1CC(O)c1c(F)cc(F)cc1F. The topological polar surface area (TPSA) is 50.9 Å². The minimum Gasteiger partial charge on any atom is -0.388 e. The number of rotatable bonds is 3. The molecule has 0 spiro atoms. The normalized spacial score (nSPS) is 12.7. The van der Waals surface area contributed by atoms with Crippen LogP contribution in [-0.2, 0) is 13.5 Å². The van der Waals surface area contributed by atoms with E-state index >= 15 is 0 Å². The van der Waals surface area contributed by atoms with Gasteiger partial charge >= 0.3 is 0 Å². The van der Waals surface area contributed by atoms with E-state index in [1.807, 2.05) is 0 Å². The first-order valence-electron chi connectivity index (χ1n) is 5.14. The average Bonchev–Trinajstić information content (AvgIpc) is 2.62. The van der Waals surface area contributed by atoms with Gasteiger partial charge in [-0.15, -0.1) is 0 Å². The van der Waals surface area contributed by atoms with E-state index in [2.05, 4.69) is 10.1 Å². The fraction of sp³-hybridized carbons (Fsp3) is 0.273. The molecule has 1 atom stereocenters. The molecule has 0 aliphatic rings. The van der Waals surface area contributed by atoms with Crippen LogP contribution in [0.25, 0.3) is 0 Å². The van der Waals surface area contributed by atoms with Crippen molar-refractivity contribution in [3.05, 3.63) is 47.3 Å². The van der Waals surface area contributed by atoms with Gasteiger partial charge in [-0.1, -0.05) is 0 Å². The Morgan fingerprint density at radius 2 is 1.89 bits per heavy atom. The molecule has 0 bridgehead atoms. The van der Waals surface area contributed by atoms with E-state index < -0.39 is 29.1 Å². The van der Waals surface area contributed by atoms with Crippen LogP contribution < -0.4 is 0 Å². The minimum atomic E-state index is -1.45. The van der Waals surface area contributed by atoms with E-state index in [0.29, 0.717) is 18.0 Å².